The van der Waals surface area contributed by atoms with E-state index in [0.717, 1.165) is 19.3 Å². The Morgan fingerprint density at radius 3 is 2.50 bits per heavy atom. The van der Waals surface area contributed by atoms with E-state index in [4.69, 9.17) is 13.0 Å². The van der Waals surface area contributed by atoms with Gasteiger partial charge in [-0.2, -0.15) is 0 Å². The lowest BCUT2D eigenvalue weighted by Crippen LogP contribution is -2.00. The van der Waals surface area contributed by atoms with Crippen LogP contribution in [0.3, 0.4) is 0 Å². The summed E-state index contributed by atoms with van der Waals surface area (Å²) in [6.45, 7) is 2.49. The summed E-state index contributed by atoms with van der Waals surface area (Å²) in [6, 6.07) is 0. The zero-order chi connectivity index (χ0) is 7.56. The van der Waals surface area contributed by atoms with Crippen molar-refractivity contribution >= 4 is 7.85 Å². The van der Waals surface area contributed by atoms with Gasteiger partial charge in [0.05, 0.1) is 7.85 Å². The van der Waals surface area contributed by atoms with Crippen molar-refractivity contribution in [3.63, 3.8) is 0 Å². The van der Waals surface area contributed by atoms with Crippen molar-refractivity contribution in [3.8, 4) is 0 Å². The normalized spacial score (nSPS) is 40.4. The first kappa shape index (κ1) is 8.12. The van der Waals surface area contributed by atoms with Crippen LogP contribution in [0.15, 0.2) is 0 Å². The highest BCUT2D eigenvalue weighted by atomic mass is 16.3. The van der Waals surface area contributed by atoms with Gasteiger partial charge >= 0.3 is 0 Å². The molecule has 0 heterocycles. The molecule has 0 spiro atoms. The number of aliphatic hydroxyl groups excluding tert-OH is 1. The molecule has 0 saturated heterocycles. The SMILES string of the molecule is [B]C1CC(CO)CC1CC. The lowest BCUT2D eigenvalue weighted by molar-refractivity contribution is 0.226. The highest BCUT2D eigenvalue weighted by Crippen LogP contribution is 2.39. The van der Waals surface area contributed by atoms with Crippen LogP contribution in [0.1, 0.15) is 26.2 Å². The molecule has 0 aromatic rings. The molecule has 1 aliphatic rings. The molecule has 0 bridgehead atoms. The van der Waals surface area contributed by atoms with E-state index in [1.807, 2.05) is 0 Å². The Morgan fingerprint density at radius 1 is 1.50 bits per heavy atom. The number of rotatable bonds is 2. The van der Waals surface area contributed by atoms with Gasteiger partial charge in [-0.3, -0.25) is 0 Å². The molecule has 3 unspecified atom stereocenters. The van der Waals surface area contributed by atoms with Crippen LogP contribution in [0.25, 0.3) is 0 Å². The molecule has 56 valence electrons. The zero-order valence-corrected chi connectivity index (χ0v) is 6.59. The van der Waals surface area contributed by atoms with E-state index in [-0.39, 0.29) is 0 Å². The summed E-state index contributed by atoms with van der Waals surface area (Å²) in [6.07, 6.45) is 3.32. The quantitative estimate of drug-likeness (QED) is 0.571. The fraction of sp³-hybridized carbons (Fsp3) is 1.00. The molecular weight excluding hydrogens is 123 g/mol. The van der Waals surface area contributed by atoms with Crippen molar-refractivity contribution in [1.82, 2.24) is 0 Å². The minimum atomic E-state index is 0.324. The first-order valence-corrected chi connectivity index (χ1v) is 4.14. The van der Waals surface area contributed by atoms with Crippen LogP contribution in [0.5, 0.6) is 0 Å². The van der Waals surface area contributed by atoms with Crippen molar-refractivity contribution in [2.24, 2.45) is 11.8 Å². The Kier molecular flexibility index (Phi) is 2.78. The van der Waals surface area contributed by atoms with Crippen LogP contribution >= 0.6 is 0 Å². The van der Waals surface area contributed by atoms with Gasteiger partial charge in [0.25, 0.3) is 0 Å². The van der Waals surface area contributed by atoms with Gasteiger partial charge in [-0.1, -0.05) is 25.6 Å². The summed E-state index contributed by atoms with van der Waals surface area (Å²) in [5, 5.41) is 8.84. The summed E-state index contributed by atoms with van der Waals surface area (Å²) < 4.78 is 0. The standard InChI is InChI=1S/C8H15BO/c1-2-7-3-6(5-10)4-8(7)9/h6-8,10H,2-5H2,1H3. The van der Waals surface area contributed by atoms with Crippen molar-refractivity contribution in [3.05, 3.63) is 0 Å². The highest BCUT2D eigenvalue weighted by Gasteiger charge is 2.28. The second kappa shape index (κ2) is 3.43. The second-order valence-electron chi connectivity index (χ2n) is 3.35. The smallest absolute Gasteiger partial charge is 0.0703 e. The monoisotopic (exact) mass is 138 g/mol. The molecular formula is C8H15BO. The summed E-state index contributed by atoms with van der Waals surface area (Å²) in [5.41, 5.74) is 0. The molecule has 2 heteroatoms. The molecule has 0 aliphatic heterocycles. The molecule has 1 saturated carbocycles. The van der Waals surface area contributed by atoms with Crippen molar-refractivity contribution in [1.29, 1.82) is 0 Å². The first-order chi connectivity index (χ1) is 4.77. The zero-order valence-electron chi connectivity index (χ0n) is 6.59. The number of hydrogen-bond acceptors (Lipinski definition) is 1. The lowest BCUT2D eigenvalue weighted by Gasteiger charge is -2.10. The van der Waals surface area contributed by atoms with Gasteiger partial charge in [-0.05, 0) is 18.3 Å². The fourth-order valence-corrected chi connectivity index (χ4v) is 1.90. The Balaban J connectivity index is 2.36. The molecule has 1 nitrogen and oxygen atoms in total. The second-order valence-corrected chi connectivity index (χ2v) is 3.35. The summed E-state index contributed by atoms with van der Waals surface area (Å²) in [5.74, 6) is 1.50. The van der Waals surface area contributed by atoms with Crippen LogP contribution < -0.4 is 0 Å². The molecule has 0 amide bonds. The van der Waals surface area contributed by atoms with Gasteiger partial charge in [0.1, 0.15) is 0 Å². The van der Waals surface area contributed by atoms with Crippen LogP contribution in [-0.2, 0) is 0 Å². The van der Waals surface area contributed by atoms with E-state index < -0.39 is 0 Å². The third kappa shape index (κ3) is 1.54. The molecule has 2 radical (unpaired) electrons. The number of hydrogen-bond donors (Lipinski definition) is 1. The topological polar surface area (TPSA) is 20.2 Å². The van der Waals surface area contributed by atoms with E-state index in [2.05, 4.69) is 6.92 Å². The van der Waals surface area contributed by atoms with Gasteiger partial charge in [0.15, 0.2) is 0 Å². The van der Waals surface area contributed by atoms with Crippen LogP contribution in [0.4, 0.5) is 0 Å². The summed E-state index contributed by atoms with van der Waals surface area (Å²) >= 11 is 0. The maximum absolute atomic E-state index is 8.84. The fourth-order valence-electron chi connectivity index (χ4n) is 1.90. The van der Waals surface area contributed by atoms with Crippen LogP contribution in [0, 0.1) is 11.8 Å². The third-order valence-electron chi connectivity index (χ3n) is 2.63. The van der Waals surface area contributed by atoms with E-state index in [1.54, 1.807) is 0 Å². The predicted octanol–water partition coefficient (Wildman–Crippen LogP) is 1.37. The van der Waals surface area contributed by atoms with E-state index in [9.17, 15) is 0 Å². The van der Waals surface area contributed by atoms with Crippen molar-refractivity contribution in [2.75, 3.05) is 6.61 Å². The maximum Gasteiger partial charge on any atom is 0.0703 e. The van der Waals surface area contributed by atoms with Gasteiger partial charge in [0.2, 0.25) is 0 Å². The molecule has 1 aliphatic carbocycles. The van der Waals surface area contributed by atoms with Crippen molar-refractivity contribution in [2.45, 2.75) is 32.0 Å². The van der Waals surface area contributed by atoms with Gasteiger partial charge in [0, 0.05) is 6.61 Å². The van der Waals surface area contributed by atoms with Crippen LogP contribution in [-0.4, -0.2) is 19.6 Å². The van der Waals surface area contributed by atoms with E-state index in [0.29, 0.717) is 24.3 Å². The summed E-state index contributed by atoms with van der Waals surface area (Å²) in [7, 11) is 5.84. The molecule has 0 aromatic heterocycles. The lowest BCUT2D eigenvalue weighted by atomic mass is 9.78. The highest BCUT2D eigenvalue weighted by molar-refractivity contribution is 6.12. The maximum atomic E-state index is 8.84. The van der Waals surface area contributed by atoms with Crippen LogP contribution in [0.2, 0.25) is 5.82 Å². The van der Waals surface area contributed by atoms with Gasteiger partial charge in [-0.25, -0.2) is 0 Å². The Labute approximate surface area is 64.2 Å². The molecule has 10 heavy (non-hydrogen) atoms. The Morgan fingerprint density at radius 2 is 2.20 bits per heavy atom. The third-order valence-corrected chi connectivity index (χ3v) is 2.63. The largest absolute Gasteiger partial charge is 0.396 e. The van der Waals surface area contributed by atoms with E-state index in [1.165, 1.54) is 0 Å². The Hall–Kier alpha value is 0.0249. The minimum absolute atomic E-state index is 0.324. The van der Waals surface area contributed by atoms with E-state index >= 15 is 0 Å². The minimum Gasteiger partial charge on any atom is -0.396 e. The molecule has 0 aromatic carbocycles. The molecule has 1 N–H and O–H groups in total. The molecule has 1 fully saturated rings. The predicted molar refractivity (Wildman–Crippen MR) is 43.1 cm³/mol. The molecule has 3 atom stereocenters. The van der Waals surface area contributed by atoms with Gasteiger partial charge < -0.3 is 5.11 Å². The van der Waals surface area contributed by atoms with Crippen molar-refractivity contribution < 1.29 is 5.11 Å². The first-order valence-electron chi connectivity index (χ1n) is 4.14. The molecule has 1 rings (SSSR count). The average molecular weight is 138 g/mol. The van der Waals surface area contributed by atoms with Gasteiger partial charge in [-0.15, -0.1) is 0 Å². The number of aliphatic hydroxyl groups is 1. The summed E-state index contributed by atoms with van der Waals surface area (Å²) in [4.78, 5) is 0. The Bertz CT molecular complexity index is 105. The average Bonchev–Trinajstić information content (AvgIpc) is 2.30.